The van der Waals surface area contributed by atoms with E-state index in [2.05, 4.69) is 22.0 Å². The minimum atomic E-state index is -0.713. The van der Waals surface area contributed by atoms with Gasteiger partial charge in [0, 0.05) is 11.0 Å². The summed E-state index contributed by atoms with van der Waals surface area (Å²) >= 11 is 3.18. The van der Waals surface area contributed by atoms with E-state index in [0.717, 1.165) is 6.07 Å². The molecule has 6 heteroatoms. The van der Waals surface area contributed by atoms with Crippen LogP contribution in [0.4, 0.5) is 10.1 Å². The number of nitriles is 1. The minimum Gasteiger partial charge on any atom is -0.304 e. The van der Waals surface area contributed by atoms with Crippen molar-refractivity contribution in [3.63, 3.8) is 0 Å². The second-order valence-electron chi connectivity index (χ2n) is 5.32. The zero-order chi connectivity index (χ0) is 15.1. The van der Waals surface area contributed by atoms with Crippen LogP contribution in [0.2, 0.25) is 0 Å². The molecule has 0 bridgehead atoms. The van der Waals surface area contributed by atoms with Gasteiger partial charge < -0.3 is 4.90 Å². The number of carbonyl (C=O) groups is 2. The van der Waals surface area contributed by atoms with Crippen molar-refractivity contribution >= 4 is 33.3 Å². The molecule has 1 amide bonds. The number of hydrogen-bond donors (Lipinski definition) is 0. The second-order valence-corrected chi connectivity index (χ2v) is 6.17. The quantitative estimate of drug-likeness (QED) is 0.795. The fourth-order valence-electron chi connectivity index (χ4n) is 2.01. The number of benzene rings is 1. The summed E-state index contributed by atoms with van der Waals surface area (Å²) in [5, 5.41) is 8.99. The van der Waals surface area contributed by atoms with E-state index in [-0.39, 0.29) is 12.1 Å². The van der Waals surface area contributed by atoms with Gasteiger partial charge in [0.25, 0.3) is 11.7 Å². The monoisotopic (exact) mass is 338 g/mol. The lowest BCUT2D eigenvalue weighted by Crippen LogP contribution is -2.33. The third kappa shape index (κ3) is 2.46. The minimum absolute atomic E-state index is 0.0663. The Morgan fingerprint density at radius 3 is 2.65 bits per heavy atom. The van der Waals surface area contributed by atoms with Crippen LogP contribution in [0.15, 0.2) is 16.6 Å². The van der Waals surface area contributed by atoms with Crippen molar-refractivity contribution < 1.29 is 14.0 Å². The fraction of sp³-hybridized carbons (Fsp3) is 0.357. The van der Waals surface area contributed by atoms with E-state index in [0.29, 0.717) is 16.6 Å². The van der Waals surface area contributed by atoms with E-state index >= 15 is 0 Å². The fourth-order valence-corrected chi connectivity index (χ4v) is 2.66. The SMILES string of the molecule is CC(C)(C#N)CCN1C(=O)C(=O)c2cc(F)cc(Br)c21. The van der Waals surface area contributed by atoms with Crippen LogP contribution in [0.3, 0.4) is 0 Å². The van der Waals surface area contributed by atoms with E-state index in [4.69, 9.17) is 5.26 Å². The number of fused-ring (bicyclic) bond motifs is 1. The Morgan fingerprint density at radius 1 is 1.40 bits per heavy atom. The first-order valence-corrected chi connectivity index (χ1v) is 6.82. The Labute approximate surface area is 124 Å². The van der Waals surface area contributed by atoms with Gasteiger partial charge in [-0.25, -0.2) is 4.39 Å². The number of Topliss-reactive ketones (excluding diaryl/α,β-unsaturated/α-hetero) is 1. The van der Waals surface area contributed by atoms with E-state index < -0.39 is 22.9 Å². The summed E-state index contributed by atoms with van der Waals surface area (Å²) in [6.07, 6.45) is 0.422. The first kappa shape index (κ1) is 14.7. The number of nitrogens with zero attached hydrogens (tertiary/aromatic N) is 2. The van der Waals surface area contributed by atoms with Crippen molar-refractivity contribution in [2.24, 2.45) is 5.41 Å². The van der Waals surface area contributed by atoms with Crippen molar-refractivity contribution in [3.05, 3.63) is 28.0 Å². The molecule has 0 N–H and O–H groups in total. The zero-order valence-corrected chi connectivity index (χ0v) is 12.6. The normalized spacial score (nSPS) is 14.4. The smallest absolute Gasteiger partial charge is 0.299 e. The van der Waals surface area contributed by atoms with Crippen LogP contribution >= 0.6 is 15.9 Å². The molecule has 2 rings (SSSR count). The third-order valence-electron chi connectivity index (χ3n) is 3.25. The molecular weight excluding hydrogens is 327 g/mol. The van der Waals surface area contributed by atoms with Gasteiger partial charge in [-0.1, -0.05) is 0 Å². The summed E-state index contributed by atoms with van der Waals surface area (Å²) in [6.45, 7) is 3.76. The molecule has 0 saturated heterocycles. The van der Waals surface area contributed by atoms with Crippen molar-refractivity contribution in [2.45, 2.75) is 20.3 Å². The van der Waals surface area contributed by atoms with Gasteiger partial charge in [0.2, 0.25) is 0 Å². The summed E-state index contributed by atoms with van der Waals surface area (Å²) in [7, 11) is 0. The molecule has 1 aromatic carbocycles. The molecule has 0 unspecified atom stereocenters. The molecule has 0 aliphatic carbocycles. The standard InChI is InChI=1S/C14H12BrFN2O2/c1-14(2,7-17)3-4-18-11-9(12(19)13(18)20)5-8(16)6-10(11)15/h5-6H,3-4H2,1-2H3. The number of anilines is 1. The largest absolute Gasteiger partial charge is 0.304 e. The molecule has 104 valence electrons. The number of halogens is 2. The first-order valence-electron chi connectivity index (χ1n) is 6.03. The maximum Gasteiger partial charge on any atom is 0.299 e. The number of hydrogen-bond acceptors (Lipinski definition) is 3. The Hall–Kier alpha value is -1.74. The van der Waals surface area contributed by atoms with Crippen LogP contribution in [-0.2, 0) is 4.79 Å². The lowest BCUT2D eigenvalue weighted by molar-refractivity contribution is -0.114. The molecule has 20 heavy (non-hydrogen) atoms. The van der Waals surface area contributed by atoms with E-state index in [1.54, 1.807) is 13.8 Å². The molecule has 1 aliphatic rings. The average molecular weight is 339 g/mol. The van der Waals surface area contributed by atoms with Crippen LogP contribution in [0.1, 0.15) is 30.6 Å². The van der Waals surface area contributed by atoms with E-state index in [1.165, 1.54) is 11.0 Å². The lowest BCUT2D eigenvalue weighted by atomic mass is 9.91. The van der Waals surface area contributed by atoms with Gasteiger partial charge in [0.1, 0.15) is 5.82 Å². The zero-order valence-electron chi connectivity index (χ0n) is 11.0. The highest BCUT2D eigenvalue weighted by Gasteiger charge is 2.38. The van der Waals surface area contributed by atoms with Gasteiger partial charge in [-0.05, 0) is 48.3 Å². The van der Waals surface area contributed by atoms with Gasteiger partial charge in [-0.2, -0.15) is 5.26 Å². The van der Waals surface area contributed by atoms with Crippen molar-refractivity contribution in [3.8, 4) is 6.07 Å². The molecular formula is C14H12BrFN2O2. The van der Waals surface area contributed by atoms with Gasteiger partial charge in [-0.15, -0.1) is 0 Å². The molecule has 0 aromatic heterocycles. The van der Waals surface area contributed by atoms with Crippen LogP contribution in [-0.4, -0.2) is 18.2 Å². The summed E-state index contributed by atoms with van der Waals surface area (Å²) < 4.78 is 13.7. The van der Waals surface area contributed by atoms with E-state index in [1.807, 2.05) is 0 Å². The van der Waals surface area contributed by atoms with Crippen LogP contribution in [0, 0.1) is 22.6 Å². The maximum atomic E-state index is 13.3. The highest BCUT2D eigenvalue weighted by Crippen LogP contribution is 2.37. The highest BCUT2D eigenvalue weighted by atomic mass is 79.9. The van der Waals surface area contributed by atoms with Crippen molar-refractivity contribution in [1.29, 1.82) is 5.26 Å². The molecule has 0 atom stereocenters. The van der Waals surface area contributed by atoms with Crippen LogP contribution < -0.4 is 4.90 Å². The van der Waals surface area contributed by atoms with Gasteiger partial charge >= 0.3 is 0 Å². The molecule has 0 saturated carbocycles. The topological polar surface area (TPSA) is 61.2 Å². The summed E-state index contributed by atoms with van der Waals surface area (Å²) in [5.74, 6) is -1.97. The number of rotatable bonds is 3. The van der Waals surface area contributed by atoms with Crippen molar-refractivity contribution in [1.82, 2.24) is 0 Å². The highest BCUT2D eigenvalue weighted by molar-refractivity contribution is 9.10. The Morgan fingerprint density at radius 2 is 2.05 bits per heavy atom. The maximum absolute atomic E-state index is 13.3. The molecule has 1 heterocycles. The Bertz CT molecular complexity index is 649. The van der Waals surface area contributed by atoms with Crippen molar-refractivity contribution in [2.75, 3.05) is 11.4 Å². The predicted octanol–water partition coefficient (Wildman–Crippen LogP) is 3.06. The first-order chi connectivity index (χ1) is 9.26. The second kappa shape index (κ2) is 4.98. The van der Waals surface area contributed by atoms with Gasteiger partial charge in [0.15, 0.2) is 0 Å². The molecule has 0 spiro atoms. The average Bonchev–Trinajstić information content (AvgIpc) is 2.61. The molecule has 0 radical (unpaired) electrons. The molecule has 1 aliphatic heterocycles. The summed E-state index contributed by atoms with van der Waals surface area (Å²) in [4.78, 5) is 25.1. The summed E-state index contributed by atoms with van der Waals surface area (Å²) in [5.41, 5.74) is -0.148. The number of amides is 1. The van der Waals surface area contributed by atoms with Crippen LogP contribution in [0.5, 0.6) is 0 Å². The van der Waals surface area contributed by atoms with Gasteiger partial charge in [-0.3, -0.25) is 9.59 Å². The van der Waals surface area contributed by atoms with E-state index in [9.17, 15) is 14.0 Å². The number of ketones is 1. The van der Waals surface area contributed by atoms with Gasteiger partial charge in [0.05, 0.1) is 22.7 Å². The van der Waals surface area contributed by atoms with Crippen LogP contribution in [0.25, 0.3) is 0 Å². The molecule has 1 aromatic rings. The lowest BCUT2D eigenvalue weighted by Gasteiger charge is -2.22. The predicted molar refractivity (Wildman–Crippen MR) is 74.8 cm³/mol. The molecule has 4 nitrogen and oxygen atoms in total. The summed E-state index contributed by atoms with van der Waals surface area (Å²) in [6, 6.07) is 4.43. The third-order valence-corrected chi connectivity index (χ3v) is 3.85. The number of carbonyl (C=O) groups excluding carboxylic acids is 2. The molecule has 0 fully saturated rings. The Kier molecular flexibility index (Phi) is 3.65. The Balaban J connectivity index is 2.37.